The predicted octanol–water partition coefficient (Wildman–Crippen LogP) is 5.47. The fourth-order valence-electron chi connectivity index (χ4n) is 2.99. The van der Waals surface area contributed by atoms with Gasteiger partial charge in [-0.2, -0.15) is 0 Å². The molecule has 1 heterocycles. The number of carbonyl (C=O) groups is 1. The van der Waals surface area contributed by atoms with Crippen LogP contribution in [0.25, 0.3) is 0 Å². The number of carbonyl (C=O) groups excluding carboxylic acids is 1. The van der Waals surface area contributed by atoms with Gasteiger partial charge in [0.2, 0.25) is 0 Å². The summed E-state index contributed by atoms with van der Waals surface area (Å²) in [6, 6.07) is 15.5. The molecule has 158 valence electrons. The van der Waals surface area contributed by atoms with Gasteiger partial charge in [0.25, 0.3) is 5.91 Å². The molecule has 0 saturated carbocycles. The summed E-state index contributed by atoms with van der Waals surface area (Å²) >= 11 is 7.53. The molecule has 2 aromatic carbocycles. The third-order valence-electron chi connectivity index (χ3n) is 4.81. The van der Waals surface area contributed by atoms with Gasteiger partial charge in [-0.15, -0.1) is 10.2 Å². The van der Waals surface area contributed by atoms with Crippen molar-refractivity contribution >= 4 is 29.3 Å². The number of nitrogens with zero attached hydrogens (tertiary/aromatic N) is 3. The summed E-state index contributed by atoms with van der Waals surface area (Å²) in [7, 11) is 0. The van der Waals surface area contributed by atoms with Gasteiger partial charge in [-0.3, -0.25) is 4.79 Å². The lowest BCUT2D eigenvalue weighted by Gasteiger charge is -2.19. The van der Waals surface area contributed by atoms with Crippen molar-refractivity contribution in [2.75, 3.05) is 0 Å². The maximum absolute atomic E-state index is 12.3. The molecule has 0 aliphatic rings. The number of rotatable bonds is 7. The quantitative estimate of drug-likeness (QED) is 0.493. The van der Waals surface area contributed by atoms with Crippen molar-refractivity contribution in [3.63, 3.8) is 0 Å². The molecule has 5 nitrogen and oxygen atoms in total. The van der Waals surface area contributed by atoms with Gasteiger partial charge in [0.1, 0.15) is 0 Å². The normalized spacial score (nSPS) is 11.5. The van der Waals surface area contributed by atoms with E-state index >= 15 is 0 Å². The molecule has 0 unspecified atom stereocenters. The van der Waals surface area contributed by atoms with Crippen molar-refractivity contribution in [2.24, 2.45) is 0 Å². The van der Waals surface area contributed by atoms with Crippen molar-refractivity contribution in [1.29, 1.82) is 0 Å². The van der Waals surface area contributed by atoms with Gasteiger partial charge in [-0.25, -0.2) is 0 Å². The molecule has 0 fully saturated rings. The van der Waals surface area contributed by atoms with Gasteiger partial charge in [0, 0.05) is 22.9 Å². The van der Waals surface area contributed by atoms with E-state index in [0.717, 1.165) is 23.3 Å². The van der Waals surface area contributed by atoms with Crippen molar-refractivity contribution in [3.8, 4) is 0 Å². The maximum atomic E-state index is 12.3. The molecule has 0 atom stereocenters. The number of hydrogen-bond donors (Lipinski definition) is 1. The molecule has 1 aromatic heterocycles. The van der Waals surface area contributed by atoms with E-state index in [1.807, 2.05) is 4.57 Å². The molecule has 0 spiro atoms. The van der Waals surface area contributed by atoms with E-state index in [2.05, 4.69) is 67.5 Å². The largest absolute Gasteiger partial charge is 0.345 e. The second-order valence-corrected chi connectivity index (χ2v) is 9.45. The van der Waals surface area contributed by atoms with Crippen LogP contribution in [0.15, 0.2) is 53.7 Å². The summed E-state index contributed by atoms with van der Waals surface area (Å²) in [6.45, 7) is 9.76. The lowest BCUT2D eigenvalue weighted by Crippen LogP contribution is -2.24. The van der Waals surface area contributed by atoms with Gasteiger partial charge < -0.3 is 9.88 Å². The zero-order valence-electron chi connectivity index (χ0n) is 17.8. The standard InChI is InChI=1S/C23H27ClN4OS/c1-5-28-20(14-25-21(29)17-8-12-19(24)13-9-17)26-27-22(28)30-15-16-6-10-18(11-7-16)23(2,3)4/h6-13H,5,14-15H2,1-4H3,(H,25,29). The third kappa shape index (κ3) is 5.64. The topological polar surface area (TPSA) is 59.8 Å². The van der Waals surface area contributed by atoms with E-state index in [0.29, 0.717) is 17.1 Å². The summed E-state index contributed by atoms with van der Waals surface area (Å²) in [6.07, 6.45) is 0. The van der Waals surface area contributed by atoms with Crippen LogP contribution in [-0.4, -0.2) is 20.7 Å². The van der Waals surface area contributed by atoms with E-state index < -0.39 is 0 Å². The van der Waals surface area contributed by atoms with Crippen molar-refractivity contribution in [3.05, 3.63) is 76.1 Å². The Labute approximate surface area is 187 Å². The van der Waals surface area contributed by atoms with Crippen LogP contribution in [0.4, 0.5) is 0 Å². The Morgan fingerprint density at radius 2 is 1.73 bits per heavy atom. The van der Waals surface area contributed by atoms with Crippen molar-refractivity contribution < 1.29 is 4.79 Å². The smallest absolute Gasteiger partial charge is 0.251 e. The maximum Gasteiger partial charge on any atom is 0.251 e. The minimum absolute atomic E-state index is 0.152. The molecule has 0 aliphatic heterocycles. The van der Waals surface area contributed by atoms with Crippen LogP contribution >= 0.6 is 23.4 Å². The Bertz CT molecular complexity index is 992. The predicted molar refractivity (Wildman–Crippen MR) is 123 cm³/mol. The van der Waals surface area contributed by atoms with E-state index in [1.165, 1.54) is 11.1 Å². The zero-order chi connectivity index (χ0) is 21.7. The highest BCUT2D eigenvalue weighted by atomic mass is 35.5. The van der Waals surface area contributed by atoms with Gasteiger partial charge in [-0.05, 0) is 47.7 Å². The number of amides is 1. The summed E-state index contributed by atoms with van der Waals surface area (Å²) in [5.74, 6) is 1.40. The molecule has 0 radical (unpaired) electrons. The fourth-order valence-corrected chi connectivity index (χ4v) is 4.09. The summed E-state index contributed by atoms with van der Waals surface area (Å²) < 4.78 is 2.04. The number of benzene rings is 2. The molecule has 1 amide bonds. The van der Waals surface area contributed by atoms with Crippen LogP contribution in [0, 0.1) is 0 Å². The lowest BCUT2D eigenvalue weighted by molar-refractivity contribution is 0.0949. The highest BCUT2D eigenvalue weighted by Gasteiger charge is 2.15. The van der Waals surface area contributed by atoms with Crippen LogP contribution in [0.1, 0.15) is 55.0 Å². The van der Waals surface area contributed by atoms with Gasteiger partial charge in [-0.1, -0.05) is 68.4 Å². The summed E-state index contributed by atoms with van der Waals surface area (Å²) in [4.78, 5) is 12.3. The summed E-state index contributed by atoms with van der Waals surface area (Å²) in [5, 5.41) is 13.0. The Kier molecular flexibility index (Phi) is 7.21. The first-order valence-electron chi connectivity index (χ1n) is 9.96. The lowest BCUT2D eigenvalue weighted by atomic mass is 9.87. The highest BCUT2D eigenvalue weighted by Crippen LogP contribution is 2.25. The van der Waals surface area contributed by atoms with Crippen LogP contribution in [0.2, 0.25) is 5.02 Å². The second-order valence-electron chi connectivity index (χ2n) is 8.07. The molecular formula is C23H27ClN4OS. The molecule has 1 N–H and O–H groups in total. The minimum atomic E-state index is -0.162. The van der Waals surface area contributed by atoms with E-state index in [4.69, 9.17) is 11.6 Å². The van der Waals surface area contributed by atoms with Gasteiger partial charge >= 0.3 is 0 Å². The molecular weight excluding hydrogens is 416 g/mol. The number of aromatic nitrogens is 3. The number of nitrogens with one attached hydrogen (secondary N) is 1. The second kappa shape index (κ2) is 9.67. The van der Waals surface area contributed by atoms with E-state index in [1.54, 1.807) is 36.0 Å². The molecule has 3 rings (SSSR count). The Morgan fingerprint density at radius 3 is 2.33 bits per heavy atom. The monoisotopic (exact) mass is 442 g/mol. The Hall–Kier alpha value is -2.31. The minimum Gasteiger partial charge on any atom is -0.345 e. The van der Waals surface area contributed by atoms with E-state index in [9.17, 15) is 4.79 Å². The SMILES string of the molecule is CCn1c(CNC(=O)c2ccc(Cl)cc2)nnc1SCc1ccc(C(C)(C)C)cc1. The van der Waals surface area contributed by atoms with Crippen LogP contribution in [-0.2, 0) is 24.3 Å². The average Bonchev–Trinajstić information content (AvgIpc) is 3.12. The summed E-state index contributed by atoms with van der Waals surface area (Å²) in [5.41, 5.74) is 3.29. The van der Waals surface area contributed by atoms with Crippen LogP contribution < -0.4 is 5.32 Å². The fraction of sp³-hybridized carbons (Fsp3) is 0.348. The average molecular weight is 443 g/mol. The van der Waals surface area contributed by atoms with Gasteiger partial charge in [0.05, 0.1) is 6.54 Å². The van der Waals surface area contributed by atoms with Crippen molar-refractivity contribution in [2.45, 2.75) is 57.1 Å². The molecule has 30 heavy (non-hydrogen) atoms. The first-order chi connectivity index (χ1) is 14.3. The van der Waals surface area contributed by atoms with Crippen LogP contribution in [0.3, 0.4) is 0 Å². The molecule has 7 heteroatoms. The Balaban J connectivity index is 1.61. The molecule has 0 bridgehead atoms. The first kappa shape index (κ1) is 22.4. The van der Waals surface area contributed by atoms with Gasteiger partial charge in [0.15, 0.2) is 11.0 Å². The molecule has 3 aromatic rings. The van der Waals surface area contributed by atoms with Crippen LogP contribution in [0.5, 0.6) is 0 Å². The number of thioether (sulfide) groups is 1. The molecule has 0 saturated heterocycles. The third-order valence-corrected chi connectivity index (χ3v) is 6.10. The van der Waals surface area contributed by atoms with Crippen molar-refractivity contribution in [1.82, 2.24) is 20.1 Å². The Morgan fingerprint density at radius 1 is 1.07 bits per heavy atom. The number of hydrogen-bond acceptors (Lipinski definition) is 4. The zero-order valence-corrected chi connectivity index (χ0v) is 19.3. The molecule has 0 aliphatic carbocycles. The van der Waals surface area contributed by atoms with E-state index in [-0.39, 0.29) is 11.3 Å². The number of halogens is 1. The first-order valence-corrected chi connectivity index (χ1v) is 11.3. The highest BCUT2D eigenvalue weighted by molar-refractivity contribution is 7.98.